The van der Waals surface area contributed by atoms with Gasteiger partial charge >= 0.3 is 0 Å². The van der Waals surface area contributed by atoms with Crippen LogP contribution in [0.25, 0.3) is 10.6 Å². The summed E-state index contributed by atoms with van der Waals surface area (Å²) in [6, 6.07) is 16.0. The van der Waals surface area contributed by atoms with Crippen LogP contribution in [0.4, 0.5) is 5.95 Å². The van der Waals surface area contributed by atoms with Gasteiger partial charge in [-0.25, -0.2) is 9.97 Å². The number of benzene rings is 1. The van der Waals surface area contributed by atoms with Gasteiger partial charge in [-0.15, -0.1) is 11.3 Å². The highest BCUT2D eigenvalue weighted by molar-refractivity contribution is 7.15. The number of thiophene rings is 1. The van der Waals surface area contributed by atoms with E-state index in [0.29, 0.717) is 18.4 Å². The highest BCUT2D eigenvalue weighted by atomic mass is 32.1. The van der Waals surface area contributed by atoms with Crippen molar-refractivity contribution in [3.05, 3.63) is 65.2 Å². The Morgan fingerprint density at radius 3 is 2.50 bits per heavy atom. The molecule has 3 aromatic rings. The number of hydrogen-bond acceptors (Lipinski definition) is 6. The minimum Gasteiger partial charge on any atom is -0.351 e. The van der Waals surface area contributed by atoms with Crippen molar-refractivity contribution in [1.82, 2.24) is 15.3 Å². The second-order valence-electron chi connectivity index (χ2n) is 9.96. The van der Waals surface area contributed by atoms with E-state index in [1.54, 1.807) is 11.3 Å². The Morgan fingerprint density at radius 2 is 1.78 bits per heavy atom. The van der Waals surface area contributed by atoms with Crippen molar-refractivity contribution >= 4 is 23.1 Å². The van der Waals surface area contributed by atoms with Crippen LogP contribution >= 0.6 is 11.3 Å². The summed E-state index contributed by atoms with van der Waals surface area (Å²) in [5.41, 5.74) is 1.83. The summed E-state index contributed by atoms with van der Waals surface area (Å²) in [5, 5.41) is 7.28. The van der Waals surface area contributed by atoms with Crippen LogP contribution in [0.3, 0.4) is 0 Å². The molecule has 0 saturated carbocycles. The standard InChI is InChI=1S/C26H32N4OS/c1-25(2)16-19(17-26(3,4)30-25)28-24-27-15-14-21(29-24)23-13-11-20(32-23)10-12-22(31)18-8-6-5-7-9-18/h5-9,11,13-15,19,30H,10,12,16-17H2,1-4H3,(H,27,28,29). The lowest BCUT2D eigenvalue weighted by molar-refractivity contribution is 0.0983. The van der Waals surface area contributed by atoms with Crippen LogP contribution in [0.2, 0.25) is 0 Å². The van der Waals surface area contributed by atoms with Gasteiger partial charge in [-0.1, -0.05) is 30.3 Å². The molecule has 6 heteroatoms. The number of hydrogen-bond donors (Lipinski definition) is 2. The van der Waals surface area contributed by atoms with Gasteiger partial charge in [-0.05, 0) is 65.2 Å². The summed E-state index contributed by atoms with van der Waals surface area (Å²) < 4.78 is 0. The van der Waals surface area contributed by atoms with Crippen molar-refractivity contribution in [2.24, 2.45) is 0 Å². The molecule has 4 rings (SSSR count). The molecule has 32 heavy (non-hydrogen) atoms. The first-order chi connectivity index (χ1) is 15.2. The normalized spacial score (nSPS) is 17.8. The highest BCUT2D eigenvalue weighted by Crippen LogP contribution is 2.31. The van der Waals surface area contributed by atoms with Gasteiger partial charge in [-0.2, -0.15) is 0 Å². The predicted molar refractivity (Wildman–Crippen MR) is 132 cm³/mol. The predicted octanol–water partition coefficient (Wildman–Crippen LogP) is 5.74. The Morgan fingerprint density at radius 1 is 1.06 bits per heavy atom. The van der Waals surface area contributed by atoms with Crippen LogP contribution in [0.5, 0.6) is 0 Å². The lowest BCUT2D eigenvalue weighted by atomic mass is 9.80. The number of aromatic nitrogens is 2. The lowest BCUT2D eigenvalue weighted by Gasteiger charge is -2.46. The van der Waals surface area contributed by atoms with Crippen LogP contribution < -0.4 is 10.6 Å². The topological polar surface area (TPSA) is 66.9 Å². The SMILES string of the molecule is CC1(C)CC(Nc2nccc(-c3ccc(CCC(=O)c4ccccc4)s3)n2)CC(C)(C)N1. The first-order valence-electron chi connectivity index (χ1n) is 11.3. The third kappa shape index (κ3) is 5.81. The molecule has 1 saturated heterocycles. The van der Waals surface area contributed by atoms with Crippen molar-refractivity contribution in [2.75, 3.05) is 5.32 Å². The fourth-order valence-corrected chi connectivity index (χ4v) is 5.80. The van der Waals surface area contributed by atoms with Gasteiger partial charge < -0.3 is 10.6 Å². The van der Waals surface area contributed by atoms with Gasteiger partial charge in [-0.3, -0.25) is 4.79 Å². The molecular weight excluding hydrogens is 416 g/mol. The zero-order valence-electron chi connectivity index (χ0n) is 19.3. The summed E-state index contributed by atoms with van der Waals surface area (Å²) >= 11 is 1.70. The fraction of sp³-hybridized carbons (Fsp3) is 0.423. The van der Waals surface area contributed by atoms with Crippen LogP contribution in [0.15, 0.2) is 54.7 Å². The number of aryl methyl sites for hydroxylation is 1. The third-order valence-electron chi connectivity index (χ3n) is 5.79. The van der Waals surface area contributed by atoms with Crippen LogP contribution in [0, 0.1) is 0 Å². The maximum absolute atomic E-state index is 12.4. The molecule has 0 aliphatic carbocycles. The van der Waals surface area contributed by atoms with Crippen molar-refractivity contribution in [3.8, 4) is 10.6 Å². The van der Waals surface area contributed by atoms with E-state index in [4.69, 9.17) is 4.98 Å². The molecule has 1 aromatic carbocycles. The second-order valence-corrected chi connectivity index (χ2v) is 11.1. The molecule has 0 spiro atoms. The summed E-state index contributed by atoms with van der Waals surface area (Å²) in [6.45, 7) is 8.98. The Balaban J connectivity index is 1.40. The molecule has 1 fully saturated rings. The summed E-state index contributed by atoms with van der Waals surface area (Å²) in [7, 11) is 0. The summed E-state index contributed by atoms with van der Waals surface area (Å²) in [5.74, 6) is 0.858. The molecule has 0 amide bonds. The van der Waals surface area contributed by atoms with E-state index < -0.39 is 0 Å². The van der Waals surface area contributed by atoms with Gasteiger partial charge in [0.2, 0.25) is 5.95 Å². The van der Waals surface area contributed by atoms with E-state index in [1.165, 1.54) is 4.88 Å². The smallest absolute Gasteiger partial charge is 0.223 e. The Hall–Kier alpha value is -2.57. The molecule has 5 nitrogen and oxygen atoms in total. The van der Waals surface area contributed by atoms with Gasteiger partial charge in [0.25, 0.3) is 0 Å². The molecule has 2 aromatic heterocycles. The number of anilines is 1. The van der Waals surface area contributed by atoms with Crippen LogP contribution in [-0.4, -0.2) is 32.9 Å². The number of carbonyl (C=O) groups is 1. The largest absolute Gasteiger partial charge is 0.351 e. The third-order valence-corrected chi connectivity index (χ3v) is 6.95. The fourth-order valence-electron chi connectivity index (χ4n) is 4.83. The van der Waals surface area contributed by atoms with Crippen molar-refractivity contribution in [3.63, 3.8) is 0 Å². The Kier molecular flexibility index (Phi) is 6.45. The summed E-state index contributed by atoms with van der Waals surface area (Å²) in [6.07, 6.45) is 5.11. The van der Waals surface area contributed by atoms with E-state index in [2.05, 4.69) is 55.4 Å². The molecule has 0 radical (unpaired) electrons. The minimum absolute atomic E-state index is 0.0663. The average Bonchev–Trinajstić information content (AvgIpc) is 3.20. The number of piperidine rings is 1. The Labute approximate surface area is 194 Å². The number of nitrogens with zero attached hydrogens (tertiary/aromatic N) is 2. The molecule has 0 unspecified atom stereocenters. The molecule has 3 heterocycles. The minimum atomic E-state index is 0.0663. The number of ketones is 1. The van der Waals surface area contributed by atoms with E-state index in [-0.39, 0.29) is 16.9 Å². The van der Waals surface area contributed by atoms with E-state index in [9.17, 15) is 4.79 Å². The van der Waals surface area contributed by atoms with Crippen molar-refractivity contribution in [2.45, 2.75) is 70.5 Å². The summed E-state index contributed by atoms with van der Waals surface area (Å²) in [4.78, 5) is 23.9. The number of Topliss-reactive ketones (excluding diaryl/α,β-unsaturated/α-hetero) is 1. The molecule has 0 bridgehead atoms. The zero-order chi connectivity index (χ0) is 22.8. The van der Waals surface area contributed by atoms with Crippen molar-refractivity contribution < 1.29 is 4.79 Å². The van der Waals surface area contributed by atoms with Crippen LogP contribution in [-0.2, 0) is 6.42 Å². The maximum Gasteiger partial charge on any atom is 0.223 e. The molecular formula is C26H32N4OS. The number of carbonyl (C=O) groups excluding carboxylic acids is 1. The number of rotatable bonds is 7. The van der Waals surface area contributed by atoms with Gasteiger partial charge in [0.1, 0.15) is 0 Å². The molecule has 1 aliphatic heterocycles. The van der Waals surface area contributed by atoms with Gasteiger partial charge in [0.15, 0.2) is 5.78 Å². The first kappa shape index (κ1) is 22.6. The first-order valence-corrected chi connectivity index (χ1v) is 12.1. The van der Waals surface area contributed by atoms with E-state index >= 15 is 0 Å². The quantitative estimate of drug-likeness (QED) is 0.451. The maximum atomic E-state index is 12.4. The van der Waals surface area contributed by atoms with E-state index in [0.717, 1.165) is 35.4 Å². The average molecular weight is 449 g/mol. The van der Waals surface area contributed by atoms with Crippen molar-refractivity contribution in [1.29, 1.82) is 0 Å². The lowest BCUT2D eigenvalue weighted by Crippen LogP contribution is -2.60. The molecule has 1 aliphatic rings. The number of nitrogens with one attached hydrogen (secondary N) is 2. The Bertz CT molecular complexity index is 1060. The zero-order valence-corrected chi connectivity index (χ0v) is 20.1. The van der Waals surface area contributed by atoms with Gasteiger partial charge in [0.05, 0.1) is 10.6 Å². The second kappa shape index (κ2) is 9.12. The highest BCUT2D eigenvalue weighted by Gasteiger charge is 2.37. The molecule has 0 atom stereocenters. The van der Waals surface area contributed by atoms with Crippen LogP contribution in [0.1, 0.15) is 62.2 Å². The monoisotopic (exact) mass is 448 g/mol. The molecule has 168 valence electrons. The van der Waals surface area contributed by atoms with E-state index in [1.807, 2.05) is 42.6 Å². The molecule has 2 N–H and O–H groups in total. The van der Waals surface area contributed by atoms with Gasteiger partial charge in [0, 0.05) is 40.2 Å².